The summed E-state index contributed by atoms with van der Waals surface area (Å²) in [7, 11) is 0. The van der Waals surface area contributed by atoms with Gasteiger partial charge in [0.1, 0.15) is 11.0 Å². The molecule has 1 N–H and O–H groups in total. The number of carbonyl (C=O) groups is 1. The normalized spacial score (nSPS) is 12.1. The Labute approximate surface area is 207 Å². The summed E-state index contributed by atoms with van der Waals surface area (Å²) >= 11 is 1.35. The fourth-order valence-corrected chi connectivity index (χ4v) is 5.02. The zero-order valence-electron chi connectivity index (χ0n) is 19.2. The quantitative estimate of drug-likeness (QED) is 0.243. The standard InChI is InChI=1S/C28H24N2O4S/c1-18-23(29-27(33-18)20-8-4-2-5-9-20)14-15-24-22-13-12-19(16-25(22)34-30-24)17-26(28(31)32)35-21-10-6-3-7-11-21/h2-13,16,26H,14-15,17H2,1H3,(H,31,32). The molecule has 0 fully saturated rings. The Balaban J connectivity index is 1.28. The molecule has 0 bridgehead atoms. The van der Waals surface area contributed by atoms with E-state index in [-0.39, 0.29) is 0 Å². The topological polar surface area (TPSA) is 89.4 Å². The van der Waals surface area contributed by atoms with E-state index in [1.165, 1.54) is 11.8 Å². The molecule has 5 aromatic rings. The van der Waals surface area contributed by atoms with Gasteiger partial charge in [-0.1, -0.05) is 47.6 Å². The zero-order valence-corrected chi connectivity index (χ0v) is 20.0. The Morgan fingerprint density at radius 1 is 0.971 bits per heavy atom. The van der Waals surface area contributed by atoms with Crippen LogP contribution in [0.3, 0.4) is 0 Å². The summed E-state index contributed by atoms with van der Waals surface area (Å²) in [5, 5.41) is 14.3. The Bertz CT molecular complexity index is 1440. The highest BCUT2D eigenvalue weighted by Gasteiger charge is 2.21. The van der Waals surface area contributed by atoms with Crippen LogP contribution in [0.4, 0.5) is 0 Å². The highest BCUT2D eigenvalue weighted by atomic mass is 32.2. The number of aryl methyl sites for hydroxylation is 3. The first kappa shape index (κ1) is 22.9. The van der Waals surface area contributed by atoms with Crippen LogP contribution in [0.25, 0.3) is 22.4 Å². The minimum atomic E-state index is -0.838. The van der Waals surface area contributed by atoms with E-state index < -0.39 is 11.2 Å². The molecule has 0 saturated heterocycles. The van der Waals surface area contributed by atoms with Gasteiger partial charge >= 0.3 is 5.97 Å². The van der Waals surface area contributed by atoms with Crippen molar-refractivity contribution in [3.63, 3.8) is 0 Å². The minimum absolute atomic E-state index is 0.390. The number of oxazole rings is 1. The van der Waals surface area contributed by atoms with E-state index in [0.717, 1.165) is 38.6 Å². The molecule has 1 unspecified atom stereocenters. The first-order chi connectivity index (χ1) is 17.1. The monoisotopic (exact) mass is 484 g/mol. The van der Waals surface area contributed by atoms with Gasteiger partial charge in [-0.15, -0.1) is 11.8 Å². The number of aromatic nitrogens is 2. The molecule has 7 heteroatoms. The number of aliphatic carboxylic acids is 1. The maximum absolute atomic E-state index is 11.8. The van der Waals surface area contributed by atoms with E-state index in [4.69, 9.17) is 8.94 Å². The van der Waals surface area contributed by atoms with Gasteiger partial charge < -0.3 is 14.0 Å². The molecule has 35 heavy (non-hydrogen) atoms. The Kier molecular flexibility index (Phi) is 6.68. The second-order valence-electron chi connectivity index (χ2n) is 8.31. The molecule has 3 aromatic carbocycles. The number of fused-ring (bicyclic) bond motifs is 1. The molecule has 2 heterocycles. The van der Waals surface area contributed by atoms with E-state index in [0.29, 0.717) is 30.7 Å². The number of hydrogen-bond donors (Lipinski definition) is 1. The molecular formula is C28H24N2O4S. The molecule has 0 aliphatic carbocycles. The first-order valence-electron chi connectivity index (χ1n) is 11.4. The summed E-state index contributed by atoms with van der Waals surface area (Å²) in [5.41, 5.74) is 4.26. The number of hydrogen-bond acceptors (Lipinski definition) is 6. The third-order valence-corrected chi connectivity index (χ3v) is 7.04. The molecule has 0 saturated carbocycles. The molecule has 5 rings (SSSR count). The highest BCUT2D eigenvalue weighted by Crippen LogP contribution is 2.28. The average Bonchev–Trinajstić information content (AvgIpc) is 3.46. The highest BCUT2D eigenvalue weighted by molar-refractivity contribution is 8.00. The lowest BCUT2D eigenvalue weighted by molar-refractivity contribution is -0.136. The molecule has 2 aromatic heterocycles. The lowest BCUT2D eigenvalue weighted by Gasteiger charge is -2.12. The van der Waals surface area contributed by atoms with Crippen molar-refractivity contribution in [3.05, 3.63) is 102 Å². The Hall–Kier alpha value is -3.84. The predicted octanol–water partition coefficient (Wildman–Crippen LogP) is 6.36. The molecule has 1 atom stereocenters. The van der Waals surface area contributed by atoms with Crippen LogP contribution in [-0.4, -0.2) is 26.5 Å². The summed E-state index contributed by atoms with van der Waals surface area (Å²) in [4.78, 5) is 17.5. The first-order valence-corrected chi connectivity index (χ1v) is 12.3. The van der Waals surface area contributed by atoms with Gasteiger partial charge in [0.2, 0.25) is 5.89 Å². The van der Waals surface area contributed by atoms with Crippen molar-refractivity contribution < 1.29 is 18.8 Å². The fraction of sp³-hybridized carbons (Fsp3) is 0.179. The van der Waals surface area contributed by atoms with Crippen molar-refractivity contribution in [1.82, 2.24) is 10.1 Å². The zero-order chi connectivity index (χ0) is 24.2. The molecule has 0 aliphatic heterocycles. The molecule has 0 radical (unpaired) electrons. The van der Waals surface area contributed by atoms with Crippen molar-refractivity contribution in [2.45, 2.75) is 36.3 Å². The van der Waals surface area contributed by atoms with Gasteiger partial charge in [-0.2, -0.15) is 0 Å². The van der Waals surface area contributed by atoms with Gasteiger partial charge in [0, 0.05) is 15.8 Å². The summed E-state index contributed by atoms with van der Waals surface area (Å²) in [5.74, 6) is 0.582. The number of nitrogens with zero attached hydrogens (tertiary/aromatic N) is 2. The number of carboxylic acid groups (broad SMARTS) is 1. The second kappa shape index (κ2) is 10.2. The molecule has 0 amide bonds. The summed E-state index contributed by atoms with van der Waals surface area (Å²) in [6.07, 6.45) is 1.73. The van der Waals surface area contributed by atoms with Crippen LogP contribution in [0.5, 0.6) is 0 Å². The number of rotatable bonds is 9. The third kappa shape index (κ3) is 5.30. The summed E-state index contributed by atoms with van der Waals surface area (Å²) < 4.78 is 11.5. The van der Waals surface area contributed by atoms with Gasteiger partial charge in [0.15, 0.2) is 5.58 Å². The molecule has 176 valence electrons. The SMILES string of the molecule is Cc1oc(-c2ccccc2)nc1CCc1noc2cc(CC(Sc3ccccc3)C(=O)O)ccc12. The summed E-state index contributed by atoms with van der Waals surface area (Å²) in [6, 6.07) is 25.2. The smallest absolute Gasteiger partial charge is 0.317 e. The molecule has 6 nitrogen and oxygen atoms in total. The van der Waals surface area contributed by atoms with Crippen LogP contribution in [0.2, 0.25) is 0 Å². The van der Waals surface area contributed by atoms with Gasteiger partial charge in [0.05, 0.1) is 11.4 Å². The van der Waals surface area contributed by atoms with Gasteiger partial charge in [0.25, 0.3) is 0 Å². The third-order valence-electron chi connectivity index (χ3n) is 5.84. The van der Waals surface area contributed by atoms with E-state index in [9.17, 15) is 9.90 Å². The van der Waals surface area contributed by atoms with E-state index in [1.54, 1.807) is 0 Å². The number of thioether (sulfide) groups is 1. The minimum Gasteiger partial charge on any atom is -0.480 e. The summed E-state index contributed by atoms with van der Waals surface area (Å²) in [6.45, 7) is 1.92. The van der Waals surface area contributed by atoms with Crippen LogP contribution in [0.15, 0.2) is 92.7 Å². The van der Waals surface area contributed by atoms with Crippen molar-refractivity contribution in [2.75, 3.05) is 0 Å². The maximum atomic E-state index is 11.8. The largest absolute Gasteiger partial charge is 0.480 e. The van der Waals surface area contributed by atoms with Crippen molar-refractivity contribution >= 4 is 28.7 Å². The van der Waals surface area contributed by atoms with E-state index in [1.807, 2.05) is 85.8 Å². The Morgan fingerprint density at radius 2 is 1.69 bits per heavy atom. The molecule has 0 aliphatic rings. The van der Waals surface area contributed by atoms with Crippen LogP contribution in [0, 0.1) is 6.92 Å². The van der Waals surface area contributed by atoms with Crippen LogP contribution >= 0.6 is 11.8 Å². The second-order valence-corrected chi connectivity index (χ2v) is 9.59. The maximum Gasteiger partial charge on any atom is 0.317 e. The average molecular weight is 485 g/mol. The van der Waals surface area contributed by atoms with Crippen molar-refractivity contribution in [2.24, 2.45) is 0 Å². The van der Waals surface area contributed by atoms with E-state index in [2.05, 4.69) is 10.1 Å². The lowest BCUT2D eigenvalue weighted by atomic mass is 10.0. The molecule has 0 spiro atoms. The molecular weight excluding hydrogens is 460 g/mol. The van der Waals surface area contributed by atoms with Crippen molar-refractivity contribution in [3.8, 4) is 11.5 Å². The number of benzene rings is 3. The fourth-order valence-electron chi connectivity index (χ4n) is 4.00. The lowest BCUT2D eigenvalue weighted by Crippen LogP contribution is -2.19. The van der Waals surface area contributed by atoms with Crippen molar-refractivity contribution in [1.29, 1.82) is 0 Å². The van der Waals surface area contributed by atoms with Gasteiger partial charge in [-0.3, -0.25) is 4.79 Å². The van der Waals surface area contributed by atoms with Crippen LogP contribution in [0.1, 0.15) is 22.7 Å². The number of carboxylic acids is 1. The Morgan fingerprint density at radius 3 is 2.43 bits per heavy atom. The predicted molar refractivity (Wildman–Crippen MR) is 136 cm³/mol. The van der Waals surface area contributed by atoms with Gasteiger partial charge in [-0.05, 0) is 68.1 Å². The van der Waals surface area contributed by atoms with Crippen LogP contribution < -0.4 is 0 Å². The van der Waals surface area contributed by atoms with Gasteiger partial charge in [-0.25, -0.2) is 4.98 Å². The van der Waals surface area contributed by atoms with E-state index >= 15 is 0 Å². The van der Waals surface area contributed by atoms with Crippen LogP contribution in [-0.2, 0) is 24.1 Å².